The first-order valence-corrected chi connectivity index (χ1v) is 6.06. The van der Waals surface area contributed by atoms with Gasteiger partial charge in [-0.25, -0.2) is 4.98 Å². The first-order chi connectivity index (χ1) is 7.66. The Morgan fingerprint density at radius 1 is 1.25 bits per heavy atom. The van der Waals surface area contributed by atoms with Gasteiger partial charge in [0.2, 0.25) is 5.13 Å². The summed E-state index contributed by atoms with van der Waals surface area (Å²) in [5, 5.41) is 4.25. The van der Waals surface area contributed by atoms with Gasteiger partial charge in [0.25, 0.3) is 0 Å². The molecule has 1 aromatic heterocycles. The van der Waals surface area contributed by atoms with Gasteiger partial charge in [0, 0.05) is 11.5 Å². The standard InChI is InChI=1S/C12H15N3S/c1-8-6-4-5-7-11(8)9(2)13-12-14-10(3)15-16-12/h4-7,9H,1-3H3,(H,13,14,15). The topological polar surface area (TPSA) is 37.8 Å². The molecule has 3 nitrogen and oxygen atoms in total. The molecule has 0 aliphatic rings. The van der Waals surface area contributed by atoms with Crippen LogP contribution >= 0.6 is 11.5 Å². The number of nitrogens with zero attached hydrogens (tertiary/aromatic N) is 2. The minimum absolute atomic E-state index is 0.258. The highest BCUT2D eigenvalue weighted by Gasteiger charge is 2.09. The maximum Gasteiger partial charge on any atom is 0.203 e. The second-order valence-electron chi connectivity index (χ2n) is 3.87. The molecule has 0 radical (unpaired) electrons. The number of nitrogens with one attached hydrogen (secondary N) is 1. The third-order valence-corrected chi connectivity index (χ3v) is 3.26. The van der Waals surface area contributed by atoms with Gasteiger partial charge in [-0.3, -0.25) is 0 Å². The molecular formula is C12H15N3S. The van der Waals surface area contributed by atoms with Crippen LogP contribution in [0.5, 0.6) is 0 Å². The third-order valence-electron chi connectivity index (χ3n) is 2.52. The van der Waals surface area contributed by atoms with Crippen LogP contribution < -0.4 is 5.32 Å². The molecular weight excluding hydrogens is 218 g/mol. The van der Waals surface area contributed by atoms with Crippen molar-refractivity contribution in [1.82, 2.24) is 9.36 Å². The summed E-state index contributed by atoms with van der Waals surface area (Å²) in [6.07, 6.45) is 0. The molecule has 1 heterocycles. The van der Waals surface area contributed by atoms with Crippen LogP contribution in [0.1, 0.15) is 29.9 Å². The van der Waals surface area contributed by atoms with E-state index in [0.717, 1.165) is 11.0 Å². The summed E-state index contributed by atoms with van der Waals surface area (Å²) in [6, 6.07) is 8.64. The predicted molar refractivity (Wildman–Crippen MR) is 67.9 cm³/mol. The van der Waals surface area contributed by atoms with Crippen molar-refractivity contribution in [2.75, 3.05) is 5.32 Å². The van der Waals surface area contributed by atoms with Gasteiger partial charge in [-0.2, -0.15) is 4.37 Å². The summed E-state index contributed by atoms with van der Waals surface area (Å²) in [5.41, 5.74) is 2.60. The Labute approximate surface area is 99.7 Å². The summed E-state index contributed by atoms with van der Waals surface area (Å²) < 4.78 is 4.15. The number of benzene rings is 1. The Morgan fingerprint density at radius 2 is 2.00 bits per heavy atom. The van der Waals surface area contributed by atoms with Crippen LogP contribution in [-0.4, -0.2) is 9.36 Å². The van der Waals surface area contributed by atoms with Gasteiger partial charge in [-0.05, 0) is 31.9 Å². The molecule has 84 valence electrons. The van der Waals surface area contributed by atoms with E-state index < -0.39 is 0 Å². The smallest absolute Gasteiger partial charge is 0.203 e. The zero-order chi connectivity index (χ0) is 11.5. The summed E-state index contributed by atoms with van der Waals surface area (Å²) in [4.78, 5) is 4.30. The molecule has 16 heavy (non-hydrogen) atoms. The molecule has 0 saturated heterocycles. The molecule has 0 fully saturated rings. The molecule has 0 bridgehead atoms. The van der Waals surface area contributed by atoms with Gasteiger partial charge in [0.1, 0.15) is 5.82 Å². The van der Waals surface area contributed by atoms with E-state index >= 15 is 0 Å². The van der Waals surface area contributed by atoms with Crippen LogP contribution in [0.2, 0.25) is 0 Å². The fourth-order valence-electron chi connectivity index (χ4n) is 1.69. The number of anilines is 1. The lowest BCUT2D eigenvalue weighted by Crippen LogP contribution is -2.07. The number of hydrogen-bond acceptors (Lipinski definition) is 4. The van der Waals surface area contributed by atoms with Gasteiger partial charge in [0.05, 0.1) is 6.04 Å². The number of aromatic nitrogens is 2. The van der Waals surface area contributed by atoms with Gasteiger partial charge < -0.3 is 5.32 Å². The fourth-order valence-corrected chi connectivity index (χ4v) is 2.35. The summed E-state index contributed by atoms with van der Waals surface area (Å²) in [6.45, 7) is 6.16. The fraction of sp³-hybridized carbons (Fsp3) is 0.333. The molecule has 0 amide bonds. The molecule has 0 aliphatic carbocycles. The average molecular weight is 233 g/mol. The van der Waals surface area contributed by atoms with E-state index in [0.29, 0.717) is 0 Å². The normalized spacial score (nSPS) is 12.4. The highest BCUT2D eigenvalue weighted by Crippen LogP contribution is 2.22. The van der Waals surface area contributed by atoms with Crippen molar-refractivity contribution >= 4 is 16.7 Å². The molecule has 1 N–H and O–H groups in total. The van der Waals surface area contributed by atoms with E-state index in [9.17, 15) is 0 Å². The molecule has 0 saturated carbocycles. The average Bonchev–Trinajstić information content (AvgIpc) is 2.64. The van der Waals surface area contributed by atoms with E-state index in [-0.39, 0.29) is 6.04 Å². The Morgan fingerprint density at radius 3 is 2.62 bits per heavy atom. The maximum atomic E-state index is 4.30. The predicted octanol–water partition coefficient (Wildman–Crippen LogP) is 3.33. The monoisotopic (exact) mass is 233 g/mol. The van der Waals surface area contributed by atoms with Gasteiger partial charge in [-0.1, -0.05) is 24.3 Å². The lowest BCUT2D eigenvalue weighted by molar-refractivity contribution is 0.870. The lowest BCUT2D eigenvalue weighted by atomic mass is 10.0. The van der Waals surface area contributed by atoms with E-state index in [1.165, 1.54) is 22.7 Å². The number of rotatable bonds is 3. The van der Waals surface area contributed by atoms with Crippen molar-refractivity contribution in [2.45, 2.75) is 26.8 Å². The molecule has 1 atom stereocenters. The minimum Gasteiger partial charge on any atom is -0.354 e. The van der Waals surface area contributed by atoms with Crippen molar-refractivity contribution in [2.24, 2.45) is 0 Å². The number of aryl methyl sites for hydroxylation is 2. The van der Waals surface area contributed by atoms with Crippen molar-refractivity contribution in [3.05, 3.63) is 41.2 Å². The second-order valence-corrected chi connectivity index (χ2v) is 4.62. The van der Waals surface area contributed by atoms with E-state index in [4.69, 9.17) is 0 Å². The molecule has 2 rings (SSSR count). The van der Waals surface area contributed by atoms with Gasteiger partial charge in [0.15, 0.2) is 0 Å². The molecule has 0 aliphatic heterocycles. The summed E-state index contributed by atoms with van der Waals surface area (Å²) in [7, 11) is 0. The second kappa shape index (κ2) is 4.61. The van der Waals surface area contributed by atoms with E-state index in [2.05, 4.69) is 52.8 Å². The molecule has 4 heteroatoms. The molecule has 1 unspecified atom stereocenters. The zero-order valence-electron chi connectivity index (χ0n) is 9.69. The van der Waals surface area contributed by atoms with Crippen molar-refractivity contribution < 1.29 is 0 Å². The Balaban J connectivity index is 2.14. The maximum absolute atomic E-state index is 4.30. The van der Waals surface area contributed by atoms with Crippen LogP contribution in [0.25, 0.3) is 0 Å². The van der Waals surface area contributed by atoms with Crippen molar-refractivity contribution in [1.29, 1.82) is 0 Å². The van der Waals surface area contributed by atoms with Gasteiger partial charge in [-0.15, -0.1) is 0 Å². The Kier molecular flexibility index (Phi) is 3.19. The van der Waals surface area contributed by atoms with E-state index in [1.807, 2.05) is 6.92 Å². The van der Waals surface area contributed by atoms with Crippen LogP contribution in [0, 0.1) is 13.8 Å². The van der Waals surface area contributed by atoms with Crippen molar-refractivity contribution in [3.8, 4) is 0 Å². The van der Waals surface area contributed by atoms with Crippen LogP contribution in [0.4, 0.5) is 5.13 Å². The SMILES string of the molecule is Cc1nsc(NC(C)c2ccccc2C)n1. The number of hydrogen-bond donors (Lipinski definition) is 1. The van der Waals surface area contributed by atoms with Gasteiger partial charge >= 0.3 is 0 Å². The quantitative estimate of drug-likeness (QED) is 0.883. The molecule has 1 aromatic carbocycles. The van der Waals surface area contributed by atoms with Crippen LogP contribution in [-0.2, 0) is 0 Å². The zero-order valence-corrected chi connectivity index (χ0v) is 10.5. The minimum atomic E-state index is 0.258. The highest BCUT2D eigenvalue weighted by atomic mass is 32.1. The van der Waals surface area contributed by atoms with Crippen LogP contribution in [0.15, 0.2) is 24.3 Å². The van der Waals surface area contributed by atoms with E-state index in [1.54, 1.807) is 0 Å². The lowest BCUT2D eigenvalue weighted by Gasteiger charge is -2.15. The molecule has 2 aromatic rings. The third kappa shape index (κ3) is 2.39. The summed E-state index contributed by atoms with van der Waals surface area (Å²) >= 11 is 1.41. The Bertz CT molecular complexity index is 479. The van der Waals surface area contributed by atoms with Crippen molar-refractivity contribution in [3.63, 3.8) is 0 Å². The summed E-state index contributed by atoms with van der Waals surface area (Å²) in [5.74, 6) is 0.824. The largest absolute Gasteiger partial charge is 0.354 e. The molecule has 0 spiro atoms. The first-order valence-electron chi connectivity index (χ1n) is 5.29. The highest BCUT2D eigenvalue weighted by molar-refractivity contribution is 7.09. The first kappa shape index (κ1) is 11.1. The van der Waals surface area contributed by atoms with Crippen LogP contribution in [0.3, 0.4) is 0 Å². The Hall–Kier alpha value is -1.42.